The second kappa shape index (κ2) is 7.61. The Kier molecular flexibility index (Phi) is 6.14. The minimum Gasteiger partial charge on any atom is -0.399 e. The average molecular weight is 293 g/mol. The Morgan fingerprint density at radius 2 is 2.05 bits per heavy atom. The Morgan fingerprint density at radius 3 is 2.57 bits per heavy atom. The largest absolute Gasteiger partial charge is 0.399 e. The fourth-order valence-electron chi connectivity index (χ4n) is 2.17. The third-order valence-corrected chi connectivity index (χ3v) is 3.33. The number of hydrogen-bond acceptors (Lipinski definition) is 4. The van der Waals surface area contributed by atoms with E-state index in [0.717, 1.165) is 19.3 Å². The van der Waals surface area contributed by atoms with Gasteiger partial charge in [0.25, 0.3) is 11.6 Å². The fourth-order valence-corrected chi connectivity index (χ4v) is 2.17. The number of nitro benzene ring substituents is 1. The first kappa shape index (κ1) is 16.9. The smallest absolute Gasteiger partial charge is 0.282 e. The van der Waals surface area contributed by atoms with Crippen molar-refractivity contribution >= 4 is 17.3 Å². The van der Waals surface area contributed by atoms with E-state index in [0.29, 0.717) is 12.2 Å². The molecule has 2 N–H and O–H groups in total. The molecular weight excluding hydrogens is 270 g/mol. The number of unbranched alkanes of at least 4 members (excludes halogenated alkanes) is 2. The topological polar surface area (TPSA) is 89.5 Å². The standard InChI is InChI=1S/C15H23N3O3/c1-4-5-6-9-17(11(2)3)15(19)13-10-12(16)7-8-14(13)18(20)21/h7-8,10-11H,4-6,9,16H2,1-3H3. The molecular formula is C15H23N3O3. The third kappa shape index (κ3) is 4.44. The number of nitro groups is 1. The molecule has 0 radical (unpaired) electrons. The Morgan fingerprint density at radius 1 is 1.38 bits per heavy atom. The van der Waals surface area contributed by atoms with Crippen LogP contribution in [0.15, 0.2) is 18.2 Å². The van der Waals surface area contributed by atoms with Gasteiger partial charge in [0.05, 0.1) is 4.92 Å². The summed E-state index contributed by atoms with van der Waals surface area (Å²) < 4.78 is 0. The average Bonchev–Trinajstić information content (AvgIpc) is 2.42. The summed E-state index contributed by atoms with van der Waals surface area (Å²) in [7, 11) is 0. The molecule has 21 heavy (non-hydrogen) atoms. The van der Waals surface area contributed by atoms with Crippen LogP contribution in [0.1, 0.15) is 50.4 Å². The minimum atomic E-state index is -0.544. The van der Waals surface area contributed by atoms with Crippen LogP contribution in [0.3, 0.4) is 0 Å². The van der Waals surface area contributed by atoms with Crippen LogP contribution < -0.4 is 5.73 Å². The number of hydrogen-bond donors (Lipinski definition) is 1. The normalized spacial score (nSPS) is 10.7. The Bertz CT molecular complexity index is 515. The van der Waals surface area contributed by atoms with Crippen LogP contribution in [0.2, 0.25) is 0 Å². The van der Waals surface area contributed by atoms with Crippen LogP contribution in [-0.2, 0) is 0 Å². The van der Waals surface area contributed by atoms with Crippen LogP contribution in [0.4, 0.5) is 11.4 Å². The van der Waals surface area contributed by atoms with Crippen molar-refractivity contribution in [3.8, 4) is 0 Å². The predicted octanol–water partition coefficient (Wildman–Crippen LogP) is 3.22. The predicted molar refractivity (Wildman–Crippen MR) is 83.2 cm³/mol. The first-order chi connectivity index (χ1) is 9.88. The zero-order valence-electron chi connectivity index (χ0n) is 12.8. The molecule has 0 unspecified atom stereocenters. The summed E-state index contributed by atoms with van der Waals surface area (Å²) in [5, 5.41) is 11.1. The number of carbonyl (C=O) groups excluding carboxylic acids is 1. The molecule has 0 aliphatic heterocycles. The number of anilines is 1. The van der Waals surface area contributed by atoms with E-state index >= 15 is 0 Å². The second-order valence-electron chi connectivity index (χ2n) is 5.33. The number of nitrogen functional groups attached to an aromatic ring is 1. The highest BCUT2D eigenvalue weighted by Gasteiger charge is 2.26. The van der Waals surface area contributed by atoms with E-state index in [1.54, 1.807) is 4.90 Å². The van der Waals surface area contributed by atoms with Gasteiger partial charge >= 0.3 is 0 Å². The molecule has 6 heteroatoms. The molecule has 116 valence electrons. The van der Waals surface area contributed by atoms with E-state index in [-0.39, 0.29) is 23.2 Å². The van der Waals surface area contributed by atoms with Crippen LogP contribution in [0.25, 0.3) is 0 Å². The molecule has 1 amide bonds. The van der Waals surface area contributed by atoms with Crippen LogP contribution in [0, 0.1) is 10.1 Å². The maximum Gasteiger partial charge on any atom is 0.282 e. The van der Waals surface area contributed by atoms with Crippen molar-refractivity contribution in [2.24, 2.45) is 0 Å². The highest BCUT2D eigenvalue weighted by atomic mass is 16.6. The van der Waals surface area contributed by atoms with Crippen molar-refractivity contribution in [1.29, 1.82) is 0 Å². The molecule has 0 fully saturated rings. The molecule has 0 aromatic heterocycles. The van der Waals surface area contributed by atoms with Crippen LogP contribution >= 0.6 is 0 Å². The van der Waals surface area contributed by atoms with Crippen molar-refractivity contribution < 1.29 is 9.72 Å². The van der Waals surface area contributed by atoms with Crippen LogP contribution in [-0.4, -0.2) is 28.3 Å². The SMILES string of the molecule is CCCCCN(C(=O)c1cc(N)ccc1[N+](=O)[O-])C(C)C. The minimum absolute atomic E-state index is 0.0182. The Balaban J connectivity index is 3.08. The first-order valence-electron chi connectivity index (χ1n) is 7.23. The van der Waals surface area contributed by atoms with Gasteiger partial charge in [-0.3, -0.25) is 14.9 Å². The van der Waals surface area contributed by atoms with Crippen LogP contribution in [0.5, 0.6) is 0 Å². The molecule has 0 heterocycles. The van der Waals surface area contributed by atoms with Gasteiger partial charge in [-0.2, -0.15) is 0 Å². The molecule has 0 spiro atoms. The second-order valence-corrected chi connectivity index (χ2v) is 5.33. The summed E-state index contributed by atoms with van der Waals surface area (Å²) in [6.45, 7) is 6.49. The lowest BCUT2D eigenvalue weighted by atomic mass is 10.1. The van der Waals surface area contributed by atoms with Gasteiger partial charge in [-0.15, -0.1) is 0 Å². The van der Waals surface area contributed by atoms with E-state index in [9.17, 15) is 14.9 Å². The maximum absolute atomic E-state index is 12.6. The van der Waals surface area contributed by atoms with Gasteiger partial charge in [-0.1, -0.05) is 19.8 Å². The summed E-state index contributed by atoms with van der Waals surface area (Å²) >= 11 is 0. The van der Waals surface area contributed by atoms with Gasteiger partial charge in [0, 0.05) is 24.3 Å². The fraction of sp³-hybridized carbons (Fsp3) is 0.533. The summed E-state index contributed by atoms with van der Waals surface area (Å²) in [4.78, 5) is 24.8. The summed E-state index contributed by atoms with van der Waals surface area (Å²) in [6, 6.07) is 4.09. The zero-order chi connectivity index (χ0) is 16.0. The van der Waals surface area contributed by atoms with E-state index in [1.165, 1.54) is 18.2 Å². The molecule has 0 bridgehead atoms. The highest BCUT2D eigenvalue weighted by Crippen LogP contribution is 2.24. The quantitative estimate of drug-likeness (QED) is 0.362. The number of rotatable bonds is 7. The van der Waals surface area contributed by atoms with Gasteiger partial charge in [-0.05, 0) is 32.4 Å². The van der Waals surface area contributed by atoms with E-state index in [4.69, 9.17) is 5.73 Å². The number of amides is 1. The first-order valence-corrected chi connectivity index (χ1v) is 7.23. The number of nitrogens with two attached hydrogens (primary N) is 1. The molecule has 0 aliphatic rings. The molecule has 0 aliphatic carbocycles. The van der Waals surface area contributed by atoms with Crippen molar-refractivity contribution in [3.05, 3.63) is 33.9 Å². The lowest BCUT2D eigenvalue weighted by Gasteiger charge is -2.26. The molecule has 1 aromatic rings. The van der Waals surface area contributed by atoms with Gasteiger partial charge in [0.2, 0.25) is 0 Å². The third-order valence-electron chi connectivity index (χ3n) is 3.33. The van der Waals surface area contributed by atoms with Crippen molar-refractivity contribution in [1.82, 2.24) is 4.90 Å². The Labute approximate surface area is 125 Å². The number of nitrogens with zero attached hydrogens (tertiary/aromatic N) is 2. The molecule has 1 rings (SSSR count). The number of benzene rings is 1. The molecule has 0 atom stereocenters. The van der Waals surface area contributed by atoms with Gasteiger partial charge < -0.3 is 10.6 Å². The van der Waals surface area contributed by atoms with Crippen molar-refractivity contribution in [3.63, 3.8) is 0 Å². The number of carbonyl (C=O) groups is 1. The summed E-state index contributed by atoms with van der Waals surface area (Å²) in [6.07, 6.45) is 2.96. The van der Waals surface area contributed by atoms with E-state index < -0.39 is 4.92 Å². The zero-order valence-corrected chi connectivity index (χ0v) is 12.8. The van der Waals surface area contributed by atoms with Gasteiger partial charge in [0.15, 0.2) is 0 Å². The highest BCUT2D eigenvalue weighted by molar-refractivity contribution is 5.99. The summed E-state index contributed by atoms with van der Waals surface area (Å²) in [5.74, 6) is -0.333. The lowest BCUT2D eigenvalue weighted by Crippen LogP contribution is -2.38. The van der Waals surface area contributed by atoms with Crippen molar-refractivity contribution in [2.45, 2.75) is 46.1 Å². The maximum atomic E-state index is 12.6. The van der Waals surface area contributed by atoms with Gasteiger partial charge in [0.1, 0.15) is 5.56 Å². The summed E-state index contributed by atoms with van der Waals surface area (Å²) in [5.41, 5.74) is 5.88. The van der Waals surface area contributed by atoms with Crippen molar-refractivity contribution in [2.75, 3.05) is 12.3 Å². The molecule has 0 saturated carbocycles. The van der Waals surface area contributed by atoms with E-state index in [1.807, 2.05) is 13.8 Å². The monoisotopic (exact) mass is 293 g/mol. The molecule has 1 aromatic carbocycles. The Hall–Kier alpha value is -2.11. The molecule has 6 nitrogen and oxygen atoms in total. The molecule has 0 saturated heterocycles. The van der Waals surface area contributed by atoms with Gasteiger partial charge in [-0.25, -0.2) is 0 Å². The van der Waals surface area contributed by atoms with E-state index in [2.05, 4.69) is 6.92 Å². The lowest BCUT2D eigenvalue weighted by molar-refractivity contribution is -0.385.